The Balaban J connectivity index is 2.87. The fourth-order valence-electron chi connectivity index (χ4n) is 1.54. The number of rotatable bonds is 9. The molecular weight excluding hydrogens is 380 g/mol. The first-order valence-electron chi connectivity index (χ1n) is 6.52. The molecule has 0 spiro atoms. The Hall–Kier alpha value is -1.32. The van der Waals surface area contributed by atoms with Crippen molar-refractivity contribution in [2.45, 2.75) is 19.8 Å². The minimum Gasteiger partial charge on any atom is -0.492 e. The summed E-state index contributed by atoms with van der Waals surface area (Å²) in [6, 6.07) is 2.70. The van der Waals surface area contributed by atoms with Crippen molar-refractivity contribution < 1.29 is 32.3 Å². The smallest absolute Gasteiger partial charge is 0.335 e. The van der Waals surface area contributed by atoms with Crippen LogP contribution in [-0.2, 0) is 10.1 Å². The molecule has 2 N–H and O–H groups in total. The van der Waals surface area contributed by atoms with Crippen molar-refractivity contribution in [3.8, 4) is 11.5 Å². The number of halogens is 1. The fourth-order valence-corrected chi connectivity index (χ4v) is 2.48. The SMILES string of the molecule is CCCOc1cc(C(=O)O)cc(OCCCS(=O)(=O)O)c1Br. The van der Waals surface area contributed by atoms with Gasteiger partial charge in [0, 0.05) is 0 Å². The standard InChI is InChI=1S/C13H17BrO7S/c1-2-4-20-10-7-9(13(15)16)8-11(12(10)14)21-5-3-6-22(17,18)19/h7-8H,2-6H2,1H3,(H,15,16)(H,17,18,19). The molecule has 7 nitrogen and oxygen atoms in total. The summed E-state index contributed by atoms with van der Waals surface area (Å²) in [7, 11) is -4.04. The van der Waals surface area contributed by atoms with Crippen LogP contribution in [0.15, 0.2) is 16.6 Å². The van der Waals surface area contributed by atoms with E-state index in [0.717, 1.165) is 6.42 Å². The topological polar surface area (TPSA) is 110 Å². The molecule has 1 rings (SSSR count). The van der Waals surface area contributed by atoms with Crippen molar-refractivity contribution in [3.05, 3.63) is 22.2 Å². The number of benzene rings is 1. The maximum Gasteiger partial charge on any atom is 0.335 e. The van der Waals surface area contributed by atoms with Crippen LogP contribution in [0, 0.1) is 0 Å². The van der Waals surface area contributed by atoms with E-state index in [4.69, 9.17) is 19.1 Å². The third-order valence-electron chi connectivity index (χ3n) is 2.52. The van der Waals surface area contributed by atoms with E-state index >= 15 is 0 Å². The largest absolute Gasteiger partial charge is 0.492 e. The molecule has 0 saturated heterocycles. The molecule has 0 bridgehead atoms. The van der Waals surface area contributed by atoms with Gasteiger partial charge in [0.1, 0.15) is 16.0 Å². The number of carboxylic acids is 1. The van der Waals surface area contributed by atoms with E-state index in [1.165, 1.54) is 12.1 Å². The Morgan fingerprint density at radius 3 is 2.23 bits per heavy atom. The maximum atomic E-state index is 11.1. The van der Waals surface area contributed by atoms with Crippen LogP contribution in [0.5, 0.6) is 11.5 Å². The zero-order valence-corrected chi connectivity index (χ0v) is 14.3. The highest BCUT2D eigenvalue weighted by Gasteiger charge is 2.15. The van der Waals surface area contributed by atoms with Gasteiger partial charge in [0.25, 0.3) is 10.1 Å². The second-order valence-electron chi connectivity index (χ2n) is 4.43. The molecule has 0 heterocycles. The molecule has 0 saturated carbocycles. The van der Waals surface area contributed by atoms with Crippen LogP contribution in [0.4, 0.5) is 0 Å². The molecular formula is C13H17BrO7S. The van der Waals surface area contributed by atoms with Gasteiger partial charge < -0.3 is 14.6 Å². The molecule has 0 radical (unpaired) electrons. The number of carboxylic acid groups (broad SMARTS) is 1. The molecule has 0 aliphatic carbocycles. The molecule has 0 unspecified atom stereocenters. The van der Waals surface area contributed by atoms with Crippen molar-refractivity contribution in [2.24, 2.45) is 0 Å². The number of ether oxygens (including phenoxy) is 2. The second-order valence-corrected chi connectivity index (χ2v) is 6.79. The molecule has 124 valence electrons. The van der Waals surface area contributed by atoms with E-state index < -0.39 is 21.8 Å². The summed E-state index contributed by atoms with van der Waals surface area (Å²) in [5.74, 6) is -0.980. The van der Waals surface area contributed by atoms with Gasteiger partial charge in [-0.2, -0.15) is 8.42 Å². The van der Waals surface area contributed by atoms with Crippen molar-refractivity contribution in [1.82, 2.24) is 0 Å². The van der Waals surface area contributed by atoms with Crippen molar-refractivity contribution in [3.63, 3.8) is 0 Å². The Morgan fingerprint density at radius 1 is 1.23 bits per heavy atom. The summed E-state index contributed by atoms with van der Waals surface area (Å²) in [6.45, 7) is 2.35. The lowest BCUT2D eigenvalue weighted by atomic mass is 10.2. The third-order valence-corrected chi connectivity index (χ3v) is 4.10. The first-order chi connectivity index (χ1) is 10.2. The van der Waals surface area contributed by atoms with Crippen LogP contribution in [0.2, 0.25) is 0 Å². The van der Waals surface area contributed by atoms with Gasteiger partial charge in [-0.15, -0.1) is 0 Å². The molecule has 1 aromatic rings. The summed E-state index contributed by atoms with van der Waals surface area (Å²) < 4.78 is 41.2. The monoisotopic (exact) mass is 396 g/mol. The van der Waals surface area contributed by atoms with Gasteiger partial charge in [-0.25, -0.2) is 4.79 Å². The van der Waals surface area contributed by atoms with Gasteiger partial charge >= 0.3 is 5.97 Å². The molecule has 0 aromatic heterocycles. The molecule has 22 heavy (non-hydrogen) atoms. The molecule has 0 aliphatic rings. The highest BCUT2D eigenvalue weighted by Crippen LogP contribution is 2.36. The lowest BCUT2D eigenvalue weighted by Gasteiger charge is -2.13. The lowest BCUT2D eigenvalue weighted by Crippen LogP contribution is -2.09. The van der Waals surface area contributed by atoms with Gasteiger partial charge in [-0.3, -0.25) is 4.55 Å². The minimum atomic E-state index is -4.04. The fraction of sp³-hybridized carbons (Fsp3) is 0.462. The minimum absolute atomic E-state index is 0.000849. The van der Waals surface area contributed by atoms with Crippen molar-refractivity contribution in [2.75, 3.05) is 19.0 Å². The predicted octanol–water partition coefficient (Wildman–Crippen LogP) is 2.59. The molecule has 0 atom stereocenters. The van der Waals surface area contributed by atoms with Gasteiger partial charge in [0.05, 0.1) is 24.5 Å². The predicted molar refractivity (Wildman–Crippen MR) is 83.4 cm³/mol. The van der Waals surface area contributed by atoms with Crippen LogP contribution in [0.3, 0.4) is 0 Å². The van der Waals surface area contributed by atoms with Crippen LogP contribution in [0.1, 0.15) is 30.1 Å². The number of hydrogen-bond acceptors (Lipinski definition) is 5. The van der Waals surface area contributed by atoms with E-state index in [9.17, 15) is 13.2 Å². The zero-order valence-electron chi connectivity index (χ0n) is 11.9. The van der Waals surface area contributed by atoms with Gasteiger partial charge in [-0.1, -0.05) is 6.92 Å². The Kier molecular flexibility index (Phi) is 7.11. The van der Waals surface area contributed by atoms with Gasteiger partial charge in [0.15, 0.2) is 0 Å². The van der Waals surface area contributed by atoms with Crippen molar-refractivity contribution in [1.29, 1.82) is 0 Å². The Bertz CT molecular complexity index is 628. The summed E-state index contributed by atoms with van der Waals surface area (Å²) in [5, 5.41) is 9.09. The zero-order chi connectivity index (χ0) is 16.8. The number of hydrogen-bond donors (Lipinski definition) is 2. The average molecular weight is 397 g/mol. The molecule has 0 fully saturated rings. The van der Waals surface area contributed by atoms with E-state index in [1.54, 1.807) is 0 Å². The van der Waals surface area contributed by atoms with Gasteiger partial charge in [0.2, 0.25) is 0 Å². The number of aromatic carboxylic acids is 1. The highest BCUT2D eigenvalue weighted by molar-refractivity contribution is 9.10. The number of carbonyl (C=O) groups is 1. The first kappa shape index (κ1) is 18.7. The summed E-state index contributed by atoms with van der Waals surface area (Å²) in [6.07, 6.45) is 0.835. The second kappa shape index (κ2) is 8.35. The van der Waals surface area contributed by atoms with Crippen LogP contribution in [-0.4, -0.2) is 43.0 Å². The summed E-state index contributed by atoms with van der Waals surface area (Å²) in [4.78, 5) is 11.1. The molecule has 1 aromatic carbocycles. The third kappa shape index (κ3) is 6.20. The Morgan fingerprint density at radius 2 is 1.77 bits per heavy atom. The Labute approximate surface area is 137 Å². The normalized spacial score (nSPS) is 11.2. The highest BCUT2D eigenvalue weighted by atomic mass is 79.9. The van der Waals surface area contributed by atoms with E-state index in [0.29, 0.717) is 16.8 Å². The molecule has 9 heteroatoms. The van der Waals surface area contributed by atoms with E-state index in [1.807, 2.05) is 6.92 Å². The molecule has 0 amide bonds. The first-order valence-corrected chi connectivity index (χ1v) is 8.92. The quantitative estimate of drug-likeness (QED) is 0.487. The van der Waals surface area contributed by atoms with E-state index in [-0.39, 0.29) is 24.3 Å². The summed E-state index contributed by atoms with van der Waals surface area (Å²) >= 11 is 3.28. The maximum absolute atomic E-state index is 11.1. The van der Waals surface area contributed by atoms with Crippen LogP contribution in [0.25, 0.3) is 0 Å². The summed E-state index contributed by atoms with van der Waals surface area (Å²) in [5.41, 5.74) is -0.000849. The van der Waals surface area contributed by atoms with Gasteiger partial charge in [-0.05, 0) is 40.9 Å². The van der Waals surface area contributed by atoms with E-state index in [2.05, 4.69) is 15.9 Å². The van der Waals surface area contributed by atoms with Crippen LogP contribution < -0.4 is 9.47 Å². The molecule has 0 aliphatic heterocycles. The lowest BCUT2D eigenvalue weighted by molar-refractivity contribution is 0.0695. The van der Waals surface area contributed by atoms with Crippen LogP contribution >= 0.6 is 15.9 Å². The average Bonchev–Trinajstić information content (AvgIpc) is 2.42. The van der Waals surface area contributed by atoms with Crippen molar-refractivity contribution >= 4 is 32.0 Å².